The lowest BCUT2D eigenvalue weighted by Crippen LogP contribution is -2.50. The van der Waals surface area contributed by atoms with E-state index < -0.39 is 0 Å². The van der Waals surface area contributed by atoms with E-state index in [4.69, 9.17) is 9.47 Å². The molecule has 2 heterocycles. The molecule has 7 heteroatoms. The normalized spacial score (nSPS) is 14.3. The van der Waals surface area contributed by atoms with Crippen LogP contribution in [0.1, 0.15) is 20.7 Å². The van der Waals surface area contributed by atoms with E-state index in [0.717, 1.165) is 0 Å². The number of rotatable bonds is 4. The lowest BCUT2D eigenvalue weighted by atomic mass is 10.1. The third kappa shape index (κ3) is 3.61. The van der Waals surface area contributed by atoms with E-state index >= 15 is 0 Å². The molecule has 1 aliphatic heterocycles. The minimum absolute atomic E-state index is 0.0273. The third-order valence-electron chi connectivity index (χ3n) is 4.25. The van der Waals surface area contributed by atoms with Crippen LogP contribution in [-0.4, -0.2) is 62.0 Å². The van der Waals surface area contributed by atoms with Gasteiger partial charge in [0.25, 0.3) is 11.8 Å². The summed E-state index contributed by atoms with van der Waals surface area (Å²) in [4.78, 5) is 28.6. The minimum Gasteiger partial charge on any atom is -0.493 e. The predicted molar refractivity (Wildman–Crippen MR) is 95.7 cm³/mol. The van der Waals surface area contributed by atoms with E-state index in [1.54, 1.807) is 42.2 Å². The SMILES string of the molecule is COc1ccc(C(=O)N2CCN(C(=O)c3ccsc3)CC2)cc1OC. The maximum atomic E-state index is 12.7. The van der Waals surface area contributed by atoms with E-state index in [9.17, 15) is 9.59 Å². The molecule has 0 atom stereocenters. The molecule has 3 rings (SSSR count). The van der Waals surface area contributed by atoms with Gasteiger partial charge in [-0.05, 0) is 29.6 Å². The van der Waals surface area contributed by atoms with Crippen molar-refractivity contribution in [2.75, 3.05) is 40.4 Å². The first-order valence-electron chi connectivity index (χ1n) is 7.97. The van der Waals surface area contributed by atoms with Crippen LogP contribution in [0.3, 0.4) is 0 Å². The highest BCUT2D eigenvalue weighted by molar-refractivity contribution is 7.08. The van der Waals surface area contributed by atoms with Crippen molar-refractivity contribution in [3.63, 3.8) is 0 Å². The summed E-state index contributed by atoms with van der Waals surface area (Å²) in [5, 5.41) is 3.74. The van der Waals surface area contributed by atoms with Crippen LogP contribution in [0.5, 0.6) is 11.5 Å². The fourth-order valence-electron chi connectivity index (χ4n) is 2.83. The number of carbonyl (C=O) groups is 2. The monoisotopic (exact) mass is 360 g/mol. The zero-order valence-electron chi connectivity index (χ0n) is 14.2. The topological polar surface area (TPSA) is 59.1 Å². The second-order valence-corrected chi connectivity index (χ2v) is 6.45. The molecule has 0 N–H and O–H groups in total. The number of thiophene rings is 1. The molecule has 132 valence electrons. The molecule has 1 aromatic carbocycles. The number of nitrogens with zero attached hydrogens (tertiary/aromatic N) is 2. The van der Waals surface area contributed by atoms with Gasteiger partial charge in [0.2, 0.25) is 0 Å². The quantitative estimate of drug-likeness (QED) is 0.840. The van der Waals surface area contributed by atoms with E-state index in [1.807, 2.05) is 16.8 Å². The number of ether oxygens (including phenoxy) is 2. The zero-order chi connectivity index (χ0) is 17.8. The highest BCUT2D eigenvalue weighted by Gasteiger charge is 2.26. The Bertz CT molecular complexity index is 752. The minimum atomic E-state index is -0.0661. The Hall–Kier alpha value is -2.54. The molecule has 1 aliphatic rings. The second-order valence-electron chi connectivity index (χ2n) is 5.67. The van der Waals surface area contributed by atoms with Gasteiger partial charge in [0.05, 0.1) is 19.8 Å². The highest BCUT2D eigenvalue weighted by Crippen LogP contribution is 2.28. The van der Waals surface area contributed by atoms with Gasteiger partial charge in [0.1, 0.15) is 0 Å². The van der Waals surface area contributed by atoms with Crippen LogP contribution >= 0.6 is 11.3 Å². The molecule has 0 unspecified atom stereocenters. The number of piperazine rings is 1. The average Bonchev–Trinajstić information content (AvgIpc) is 3.21. The second kappa shape index (κ2) is 7.57. The third-order valence-corrected chi connectivity index (χ3v) is 4.94. The van der Waals surface area contributed by atoms with Crippen molar-refractivity contribution in [2.24, 2.45) is 0 Å². The molecule has 1 aromatic heterocycles. The van der Waals surface area contributed by atoms with Gasteiger partial charge < -0.3 is 19.3 Å². The van der Waals surface area contributed by atoms with Crippen molar-refractivity contribution in [3.8, 4) is 11.5 Å². The van der Waals surface area contributed by atoms with Crippen molar-refractivity contribution < 1.29 is 19.1 Å². The van der Waals surface area contributed by atoms with Crippen LogP contribution in [-0.2, 0) is 0 Å². The largest absolute Gasteiger partial charge is 0.493 e. The fourth-order valence-corrected chi connectivity index (χ4v) is 3.46. The summed E-state index contributed by atoms with van der Waals surface area (Å²) in [6, 6.07) is 6.97. The Balaban J connectivity index is 1.64. The van der Waals surface area contributed by atoms with Crippen molar-refractivity contribution in [1.82, 2.24) is 9.80 Å². The first-order valence-corrected chi connectivity index (χ1v) is 8.91. The lowest BCUT2D eigenvalue weighted by molar-refractivity contribution is 0.0535. The molecule has 0 saturated carbocycles. The Morgan fingerprint density at radius 1 is 0.880 bits per heavy atom. The zero-order valence-corrected chi connectivity index (χ0v) is 15.0. The van der Waals surface area contributed by atoms with E-state index in [2.05, 4.69) is 0 Å². The van der Waals surface area contributed by atoms with Crippen LogP contribution in [0.15, 0.2) is 35.0 Å². The fraction of sp³-hybridized carbons (Fsp3) is 0.333. The molecule has 2 amide bonds. The van der Waals surface area contributed by atoms with Gasteiger partial charge in [-0.15, -0.1) is 0 Å². The number of hydrogen-bond donors (Lipinski definition) is 0. The van der Waals surface area contributed by atoms with E-state index in [0.29, 0.717) is 48.8 Å². The van der Waals surface area contributed by atoms with Crippen LogP contribution < -0.4 is 9.47 Å². The molecular formula is C18H20N2O4S. The highest BCUT2D eigenvalue weighted by atomic mass is 32.1. The van der Waals surface area contributed by atoms with Crippen LogP contribution in [0.4, 0.5) is 0 Å². The first kappa shape index (κ1) is 17.3. The average molecular weight is 360 g/mol. The molecule has 1 saturated heterocycles. The molecule has 0 radical (unpaired) electrons. The Labute approximate surface area is 150 Å². The molecule has 0 bridgehead atoms. The number of amides is 2. The number of methoxy groups -OCH3 is 2. The Morgan fingerprint density at radius 3 is 2.00 bits per heavy atom. The maximum Gasteiger partial charge on any atom is 0.254 e. The summed E-state index contributed by atoms with van der Waals surface area (Å²) in [5.41, 5.74) is 1.26. The van der Waals surface area contributed by atoms with Crippen molar-refractivity contribution in [2.45, 2.75) is 0 Å². The summed E-state index contributed by atoms with van der Waals surface area (Å²) in [5.74, 6) is 1.08. The van der Waals surface area contributed by atoms with Crippen LogP contribution in [0.2, 0.25) is 0 Å². The standard InChI is InChI=1S/C18H20N2O4S/c1-23-15-4-3-13(11-16(15)24-2)17(21)19-6-8-20(9-7-19)18(22)14-5-10-25-12-14/h3-5,10-12H,6-9H2,1-2H3. The van der Waals surface area contributed by atoms with Crippen LogP contribution in [0, 0.1) is 0 Å². The predicted octanol–water partition coefficient (Wildman–Crippen LogP) is 2.36. The molecule has 0 aliphatic carbocycles. The molecule has 6 nitrogen and oxygen atoms in total. The van der Waals surface area contributed by atoms with Crippen molar-refractivity contribution in [1.29, 1.82) is 0 Å². The molecule has 2 aromatic rings. The van der Waals surface area contributed by atoms with Gasteiger partial charge in [-0.3, -0.25) is 9.59 Å². The summed E-state index contributed by atoms with van der Waals surface area (Å²) >= 11 is 1.51. The summed E-state index contributed by atoms with van der Waals surface area (Å²) < 4.78 is 10.5. The molecular weight excluding hydrogens is 340 g/mol. The smallest absolute Gasteiger partial charge is 0.254 e. The summed E-state index contributed by atoms with van der Waals surface area (Å²) in [6.07, 6.45) is 0. The van der Waals surface area contributed by atoms with Gasteiger partial charge in [0.15, 0.2) is 11.5 Å². The Kier molecular flexibility index (Phi) is 5.23. The number of benzene rings is 1. The Morgan fingerprint density at radius 2 is 1.48 bits per heavy atom. The maximum absolute atomic E-state index is 12.7. The lowest BCUT2D eigenvalue weighted by Gasteiger charge is -2.34. The van der Waals surface area contributed by atoms with Gasteiger partial charge in [-0.2, -0.15) is 11.3 Å². The first-order chi connectivity index (χ1) is 12.1. The molecule has 25 heavy (non-hydrogen) atoms. The van der Waals surface area contributed by atoms with Crippen LogP contribution in [0.25, 0.3) is 0 Å². The van der Waals surface area contributed by atoms with Crippen molar-refractivity contribution in [3.05, 3.63) is 46.2 Å². The number of hydrogen-bond acceptors (Lipinski definition) is 5. The summed E-state index contributed by atoms with van der Waals surface area (Å²) in [7, 11) is 3.10. The van der Waals surface area contributed by atoms with Gasteiger partial charge in [-0.1, -0.05) is 0 Å². The van der Waals surface area contributed by atoms with Gasteiger partial charge in [-0.25, -0.2) is 0 Å². The molecule has 1 fully saturated rings. The van der Waals surface area contributed by atoms with Crippen molar-refractivity contribution >= 4 is 23.2 Å². The number of carbonyl (C=O) groups excluding carboxylic acids is 2. The van der Waals surface area contributed by atoms with Gasteiger partial charge in [0, 0.05) is 37.1 Å². The van der Waals surface area contributed by atoms with Gasteiger partial charge >= 0.3 is 0 Å². The molecule has 0 spiro atoms. The summed E-state index contributed by atoms with van der Waals surface area (Å²) in [6.45, 7) is 2.10. The van der Waals surface area contributed by atoms with E-state index in [1.165, 1.54) is 11.3 Å². The van der Waals surface area contributed by atoms with E-state index in [-0.39, 0.29) is 11.8 Å².